The van der Waals surface area contributed by atoms with Crippen LogP contribution in [0.15, 0.2) is 16.5 Å². The number of nitrogens with zero attached hydrogens (tertiary/aromatic N) is 1. The maximum Gasteiger partial charge on any atom is 0.129 e. The van der Waals surface area contributed by atoms with E-state index < -0.39 is 0 Å². The van der Waals surface area contributed by atoms with Crippen LogP contribution in [-0.4, -0.2) is 34.6 Å². The van der Waals surface area contributed by atoms with Crippen molar-refractivity contribution in [1.82, 2.24) is 4.90 Å². The van der Waals surface area contributed by atoms with E-state index in [1.165, 1.54) is 11.5 Å². The van der Waals surface area contributed by atoms with Gasteiger partial charge in [-0.25, -0.2) is 0 Å². The molecule has 0 radical (unpaired) electrons. The van der Waals surface area contributed by atoms with Crippen LogP contribution in [0.5, 0.6) is 0 Å². The second-order valence-electron chi connectivity index (χ2n) is 3.41. The third kappa shape index (κ3) is 2.53. The second kappa shape index (κ2) is 4.87. The molecule has 0 amide bonds. The lowest BCUT2D eigenvalue weighted by molar-refractivity contribution is 0.227. The summed E-state index contributed by atoms with van der Waals surface area (Å²) in [6.45, 7) is 3.15. The highest BCUT2D eigenvalue weighted by Gasteiger charge is 2.12. The van der Waals surface area contributed by atoms with Crippen molar-refractivity contribution in [3.8, 4) is 0 Å². The van der Waals surface area contributed by atoms with Gasteiger partial charge >= 0.3 is 0 Å². The van der Waals surface area contributed by atoms with Crippen LogP contribution >= 0.6 is 11.8 Å². The molecule has 1 aliphatic heterocycles. The first-order valence-corrected chi connectivity index (χ1v) is 6.02. The summed E-state index contributed by atoms with van der Waals surface area (Å²) < 4.78 is 5.44. The van der Waals surface area contributed by atoms with Gasteiger partial charge in [-0.1, -0.05) is 0 Å². The van der Waals surface area contributed by atoms with Crippen LogP contribution in [0.2, 0.25) is 0 Å². The average Bonchev–Trinajstić information content (AvgIpc) is 2.67. The molecule has 1 saturated heterocycles. The Kier molecular flexibility index (Phi) is 3.50. The van der Waals surface area contributed by atoms with Gasteiger partial charge in [-0.3, -0.25) is 4.90 Å². The van der Waals surface area contributed by atoms with E-state index in [2.05, 4.69) is 4.90 Å². The molecule has 1 fully saturated rings. The molecule has 2 rings (SSSR count). The highest BCUT2D eigenvalue weighted by Crippen LogP contribution is 2.14. The summed E-state index contributed by atoms with van der Waals surface area (Å²) in [7, 11) is 0. The molecule has 2 heterocycles. The summed E-state index contributed by atoms with van der Waals surface area (Å²) in [6, 6.07) is 3.79. The minimum absolute atomic E-state index is 0.00412. The van der Waals surface area contributed by atoms with E-state index in [4.69, 9.17) is 9.52 Å². The Morgan fingerprint density at radius 3 is 2.64 bits per heavy atom. The number of hydrogen-bond donors (Lipinski definition) is 1. The van der Waals surface area contributed by atoms with Crippen LogP contribution < -0.4 is 0 Å². The third-order valence-electron chi connectivity index (χ3n) is 2.36. The Balaban J connectivity index is 1.89. The van der Waals surface area contributed by atoms with Crippen LogP contribution in [0.1, 0.15) is 11.5 Å². The van der Waals surface area contributed by atoms with E-state index in [1.807, 2.05) is 23.9 Å². The highest BCUT2D eigenvalue weighted by atomic mass is 32.2. The molecule has 0 aliphatic carbocycles. The lowest BCUT2D eigenvalue weighted by Gasteiger charge is -2.24. The van der Waals surface area contributed by atoms with Gasteiger partial charge < -0.3 is 9.52 Å². The Morgan fingerprint density at radius 1 is 1.29 bits per heavy atom. The maximum atomic E-state index is 8.85. The van der Waals surface area contributed by atoms with Gasteiger partial charge in [0.1, 0.15) is 18.1 Å². The van der Waals surface area contributed by atoms with Crippen molar-refractivity contribution in [1.29, 1.82) is 0 Å². The third-order valence-corrected chi connectivity index (χ3v) is 3.30. The molecule has 0 atom stereocenters. The topological polar surface area (TPSA) is 36.6 Å². The maximum absolute atomic E-state index is 8.85. The number of thioether (sulfide) groups is 1. The summed E-state index contributed by atoms with van der Waals surface area (Å²) in [4.78, 5) is 2.39. The zero-order chi connectivity index (χ0) is 9.80. The second-order valence-corrected chi connectivity index (χ2v) is 4.64. The van der Waals surface area contributed by atoms with E-state index >= 15 is 0 Å². The zero-order valence-electron chi connectivity index (χ0n) is 8.11. The van der Waals surface area contributed by atoms with Gasteiger partial charge in [-0.2, -0.15) is 11.8 Å². The number of aliphatic hydroxyl groups is 1. The van der Waals surface area contributed by atoms with Gasteiger partial charge in [0.05, 0.1) is 6.54 Å². The molecular formula is C10H15NO2S. The molecule has 3 nitrogen and oxygen atoms in total. The van der Waals surface area contributed by atoms with Gasteiger partial charge in [0, 0.05) is 24.6 Å². The predicted octanol–water partition coefficient (Wildman–Crippen LogP) is 1.32. The van der Waals surface area contributed by atoms with Crippen LogP contribution in [0, 0.1) is 0 Å². The van der Waals surface area contributed by atoms with Crippen molar-refractivity contribution in [2.75, 3.05) is 24.6 Å². The van der Waals surface area contributed by atoms with E-state index in [-0.39, 0.29) is 6.61 Å². The van der Waals surface area contributed by atoms with Gasteiger partial charge in [0.2, 0.25) is 0 Å². The summed E-state index contributed by atoms with van der Waals surface area (Å²) in [5, 5.41) is 8.85. The van der Waals surface area contributed by atoms with Crippen molar-refractivity contribution in [3.63, 3.8) is 0 Å². The minimum Gasteiger partial charge on any atom is -0.462 e. The molecule has 78 valence electrons. The van der Waals surface area contributed by atoms with Crippen LogP contribution in [0.25, 0.3) is 0 Å². The first-order valence-electron chi connectivity index (χ1n) is 4.87. The molecule has 0 aromatic carbocycles. The van der Waals surface area contributed by atoms with E-state index in [0.29, 0.717) is 5.76 Å². The lowest BCUT2D eigenvalue weighted by atomic mass is 10.4. The molecule has 0 spiro atoms. The fourth-order valence-electron chi connectivity index (χ4n) is 1.57. The van der Waals surface area contributed by atoms with Crippen molar-refractivity contribution in [2.24, 2.45) is 0 Å². The Labute approximate surface area is 88.1 Å². The van der Waals surface area contributed by atoms with Crippen molar-refractivity contribution in [2.45, 2.75) is 13.2 Å². The minimum atomic E-state index is -0.00412. The molecule has 4 heteroatoms. The smallest absolute Gasteiger partial charge is 0.129 e. The predicted molar refractivity (Wildman–Crippen MR) is 57.2 cm³/mol. The van der Waals surface area contributed by atoms with Gasteiger partial charge in [0.25, 0.3) is 0 Å². The summed E-state index contributed by atoms with van der Waals surface area (Å²) in [6.07, 6.45) is 0. The Bertz CT molecular complexity index is 281. The van der Waals surface area contributed by atoms with Gasteiger partial charge in [-0.05, 0) is 12.1 Å². The highest BCUT2D eigenvalue weighted by molar-refractivity contribution is 7.99. The molecule has 1 N–H and O–H groups in total. The summed E-state index contributed by atoms with van der Waals surface area (Å²) in [5.74, 6) is 4.05. The normalized spacial score (nSPS) is 18.6. The lowest BCUT2D eigenvalue weighted by Crippen LogP contribution is -2.31. The molecule has 1 aliphatic rings. The monoisotopic (exact) mass is 213 g/mol. The first-order chi connectivity index (χ1) is 6.88. The standard InChI is InChI=1S/C10H15NO2S/c12-8-10-2-1-9(13-10)7-11-3-5-14-6-4-11/h1-2,12H,3-8H2. The Hall–Kier alpha value is -0.450. The SMILES string of the molecule is OCc1ccc(CN2CCSCC2)o1. The number of furan rings is 1. The van der Waals surface area contributed by atoms with Gasteiger partial charge in [-0.15, -0.1) is 0 Å². The molecule has 0 bridgehead atoms. The molecular weight excluding hydrogens is 198 g/mol. The molecule has 0 unspecified atom stereocenters. The molecule has 1 aromatic heterocycles. The van der Waals surface area contributed by atoms with E-state index in [0.717, 1.165) is 25.4 Å². The average molecular weight is 213 g/mol. The van der Waals surface area contributed by atoms with Crippen molar-refractivity contribution < 1.29 is 9.52 Å². The van der Waals surface area contributed by atoms with Crippen molar-refractivity contribution >= 4 is 11.8 Å². The summed E-state index contributed by atoms with van der Waals surface area (Å²) in [5.41, 5.74) is 0. The summed E-state index contributed by atoms with van der Waals surface area (Å²) >= 11 is 2.01. The van der Waals surface area contributed by atoms with Crippen LogP contribution in [-0.2, 0) is 13.2 Å². The fourth-order valence-corrected chi connectivity index (χ4v) is 2.55. The first kappa shape index (κ1) is 10.1. The number of aliphatic hydroxyl groups excluding tert-OH is 1. The molecule has 1 aromatic rings. The van der Waals surface area contributed by atoms with Gasteiger partial charge in [0.15, 0.2) is 0 Å². The number of hydrogen-bond acceptors (Lipinski definition) is 4. The van der Waals surface area contributed by atoms with Crippen LogP contribution in [0.3, 0.4) is 0 Å². The fraction of sp³-hybridized carbons (Fsp3) is 0.600. The zero-order valence-corrected chi connectivity index (χ0v) is 8.92. The Morgan fingerprint density at radius 2 is 2.00 bits per heavy atom. The number of rotatable bonds is 3. The largest absolute Gasteiger partial charge is 0.462 e. The van der Waals surface area contributed by atoms with Crippen molar-refractivity contribution in [3.05, 3.63) is 23.7 Å². The molecule has 0 saturated carbocycles. The van der Waals surface area contributed by atoms with E-state index in [1.54, 1.807) is 0 Å². The van der Waals surface area contributed by atoms with Crippen LogP contribution in [0.4, 0.5) is 0 Å². The molecule has 14 heavy (non-hydrogen) atoms. The van der Waals surface area contributed by atoms with E-state index in [9.17, 15) is 0 Å². The quantitative estimate of drug-likeness (QED) is 0.821.